The third-order valence-corrected chi connectivity index (χ3v) is 8.98. The van der Waals surface area contributed by atoms with Gasteiger partial charge in [0.25, 0.3) is 0 Å². The maximum Gasteiger partial charge on any atom is 0.434 e. The number of aromatic nitrogens is 1. The van der Waals surface area contributed by atoms with E-state index in [-0.39, 0.29) is 10.8 Å². The van der Waals surface area contributed by atoms with Crippen LogP contribution in [0.15, 0.2) is 174 Å². The monoisotopic (exact) mass is 705 g/mol. The summed E-state index contributed by atoms with van der Waals surface area (Å²) in [6, 6.07) is -24.5. The summed E-state index contributed by atoms with van der Waals surface area (Å²) in [5.74, 6) is -2.18. The Balaban J connectivity index is 1.26. The first-order chi connectivity index (χ1) is 37.9. The Hall–Kier alpha value is -6.98. The van der Waals surface area contributed by atoms with Crippen LogP contribution in [0.4, 0.5) is 0 Å². The molecular weight excluding hydrogens is 649 g/mol. The molecule has 12 rings (SSSR count). The average molecular weight is 706 g/mol. The van der Waals surface area contributed by atoms with E-state index >= 15 is 0 Å². The zero-order valence-electron chi connectivity index (χ0n) is 54.2. The number of hydrogen-bond donors (Lipinski definition) is 0. The van der Waals surface area contributed by atoms with Gasteiger partial charge in [0, 0.05) is 43.6 Å². The summed E-state index contributed by atoms with van der Waals surface area (Å²) in [7, 11) is 0. The zero-order chi connectivity index (χ0) is 59.0. The van der Waals surface area contributed by atoms with Crippen LogP contribution in [0.25, 0.3) is 82.8 Å². The molecule has 0 radical (unpaired) electrons. The van der Waals surface area contributed by atoms with Crippen molar-refractivity contribution in [1.29, 1.82) is 0 Å². The van der Waals surface area contributed by atoms with E-state index in [0.29, 0.717) is 0 Å². The minimum absolute atomic E-state index is 0.345. The molecule has 0 spiro atoms. The van der Waals surface area contributed by atoms with Crippen LogP contribution in [-0.2, 0) is 0 Å². The van der Waals surface area contributed by atoms with Gasteiger partial charge in [-0.15, -0.1) is 0 Å². The quantitative estimate of drug-likeness (QED) is 0.172. The molecule has 0 saturated carbocycles. The van der Waals surface area contributed by atoms with Gasteiger partial charge in [-0.3, -0.25) is 0 Å². The lowest BCUT2D eigenvalue weighted by atomic mass is 9.50. The number of fused-ring (bicyclic) bond motifs is 10. The molecule has 0 fully saturated rings. The van der Waals surface area contributed by atoms with Gasteiger partial charge < -0.3 is 18.4 Å². The molecule has 0 amide bonds. The smallest absolute Gasteiger partial charge is 0.434 e. The molecule has 2 aliphatic rings. The number of rotatable bonds is 3. The second-order valence-corrected chi connectivity index (χ2v) is 11.8. The van der Waals surface area contributed by atoms with Crippen molar-refractivity contribution in [3.63, 3.8) is 0 Å². The highest BCUT2D eigenvalue weighted by atomic mass is 16.5. The van der Waals surface area contributed by atoms with Crippen molar-refractivity contribution >= 4 is 61.6 Å². The molecule has 4 heterocycles. The fraction of sp³-hybridized carbons (Fsp3) is 0. The second kappa shape index (κ2) is 10.8. The number of hydrogen-bond acceptors (Lipinski definition) is 3. The Kier molecular flexibility index (Phi) is 2.62. The second-order valence-electron chi connectivity index (χ2n) is 11.8. The standard InChI is InChI=1S/C48H28BNO3/c1-6-16-40(50-41-17-7-2-12-33(41)34-13-3-8-18-42(34)50)32(11-1)31-25-38-37-24-22-30(29-21-23-36-35-14-4-9-19-43(35)51-45(36)26-29)27-46(37)53-49-39-15-5-10-20-44(39)52-47(28-31)48(38)49/h1-28H/i1D,2D,3D,4D,5D,6D,7D,8D,9D,10D,11D,12D,13D,14D,15D,16D,17D,18D,19D,20D,21D,22D,23D,24D,25D,26D,27D,28D. The maximum absolute atomic E-state index is 10.2. The van der Waals surface area contributed by atoms with Crippen LogP contribution in [-0.4, -0.2) is 11.5 Å². The van der Waals surface area contributed by atoms with Crippen molar-refractivity contribution in [3.05, 3.63) is 169 Å². The molecule has 8 aromatic carbocycles. The van der Waals surface area contributed by atoms with Crippen molar-refractivity contribution < 1.29 is 52.2 Å². The van der Waals surface area contributed by atoms with Gasteiger partial charge in [0.1, 0.15) is 28.4 Å². The summed E-state index contributed by atoms with van der Waals surface area (Å²) in [5, 5.41) is -1.76. The maximum atomic E-state index is 10.2. The Morgan fingerprint density at radius 2 is 1.11 bits per heavy atom. The van der Waals surface area contributed by atoms with Gasteiger partial charge in [-0.25, -0.2) is 0 Å². The SMILES string of the molecule is [2H]c1c([2H])c([2H])c2c(c1[2H])Oc1c([2H])c(-c3c([2H])c([2H])c([2H])c([2H])c3-n3c4c([2H])c([2H])c([2H])c([2H])c4c4c([2H])c([2H])c([2H])c([2H])c43)c([2H])c3c1B2Oc1c([2H])c(-c2c([2H])c([2H])c4c(oc5c([2H])c([2H])c([2H])c([2H])c54)c2[2H])c([2H])c([2H])c1-3. The largest absolute Gasteiger partial charge is 0.551 e. The third-order valence-electron chi connectivity index (χ3n) is 8.98. The molecule has 0 atom stereocenters. The molecule has 0 aliphatic carbocycles. The molecule has 2 aromatic heterocycles. The van der Waals surface area contributed by atoms with E-state index in [1.807, 2.05) is 0 Å². The molecular formula is C48H28BNO3. The molecule has 4 nitrogen and oxygen atoms in total. The highest BCUT2D eigenvalue weighted by Gasteiger charge is 2.41. The normalized spacial score (nSPS) is 20.2. The van der Waals surface area contributed by atoms with E-state index in [2.05, 4.69) is 0 Å². The average Bonchev–Trinajstić information content (AvgIpc) is 2.68. The molecule has 0 unspecified atom stereocenters. The number of benzene rings is 8. The predicted octanol–water partition coefficient (Wildman–Crippen LogP) is 11.3. The van der Waals surface area contributed by atoms with Crippen molar-refractivity contribution in [2.45, 2.75) is 0 Å². The first kappa shape index (κ1) is 12.9. The summed E-state index contributed by atoms with van der Waals surface area (Å²) >= 11 is 0. The molecule has 0 bridgehead atoms. The summed E-state index contributed by atoms with van der Waals surface area (Å²) in [6.07, 6.45) is 0. The molecule has 0 N–H and O–H groups in total. The number of nitrogens with zero attached hydrogens (tertiary/aromatic N) is 1. The van der Waals surface area contributed by atoms with Crippen LogP contribution in [0.2, 0.25) is 0 Å². The first-order valence-corrected chi connectivity index (χ1v) is 15.8. The van der Waals surface area contributed by atoms with Gasteiger partial charge in [0.2, 0.25) is 0 Å². The van der Waals surface area contributed by atoms with Crippen molar-refractivity contribution in [1.82, 2.24) is 4.57 Å². The van der Waals surface area contributed by atoms with Crippen LogP contribution in [0, 0.1) is 0 Å². The lowest BCUT2D eigenvalue weighted by Crippen LogP contribution is -2.53. The molecule has 53 heavy (non-hydrogen) atoms. The van der Waals surface area contributed by atoms with E-state index in [1.54, 1.807) is 0 Å². The lowest BCUT2D eigenvalue weighted by Gasteiger charge is -2.33. The molecule has 2 aliphatic heterocycles. The molecule has 0 saturated heterocycles. The van der Waals surface area contributed by atoms with Crippen LogP contribution < -0.4 is 20.3 Å². The lowest BCUT2D eigenvalue weighted by molar-refractivity contribution is 0.479. The Bertz CT molecular complexity index is 4690. The van der Waals surface area contributed by atoms with Crippen LogP contribution in [0.5, 0.6) is 17.2 Å². The molecule has 10 aromatic rings. The van der Waals surface area contributed by atoms with E-state index in [9.17, 15) is 15.1 Å². The van der Waals surface area contributed by atoms with Crippen molar-refractivity contribution in [3.8, 4) is 56.3 Å². The fourth-order valence-corrected chi connectivity index (χ4v) is 6.73. The number of ether oxygens (including phenoxy) is 1. The summed E-state index contributed by atoms with van der Waals surface area (Å²) in [6.45, 7) is -1.93. The van der Waals surface area contributed by atoms with Crippen LogP contribution in [0.1, 0.15) is 38.4 Å². The van der Waals surface area contributed by atoms with Crippen molar-refractivity contribution in [2.24, 2.45) is 0 Å². The van der Waals surface area contributed by atoms with E-state index in [4.69, 9.17) is 37.1 Å². The van der Waals surface area contributed by atoms with Gasteiger partial charge in [0.05, 0.1) is 55.1 Å². The third kappa shape index (κ3) is 4.13. The van der Waals surface area contributed by atoms with Gasteiger partial charge >= 0.3 is 6.92 Å². The Labute approximate surface area is 344 Å². The zero-order valence-corrected chi connectivity index (χ0v) is 26.2. The topological polar surface area (TPSA) is 36.5 Å². The summed E-state index contributed by atoms with van der Waals surface area (Å²) in [5.41, 5.74) is -8.50. The van der Waals surface area contributed by atoms with Gasteiger partial charge in [-0.05, 0) is 82.7 Å². The number of furan rings is 1. The van der Waals surface area contributed by atoms with E-state index in [1.165, 1.54) is 0 Å². The van der Waals surface area contributed by atoms with Crippen molar-refractivity contribution in [2.75, 3.05) is 0 Å². The number of para-hydroxylation sites is 5. The first-order valence-electron chi connectivity index (χ1n) is 29.8. The highest BCUT2D eigenvalue weighted by Crippen LogP contribution is 2.45. The van der Waals surface area contributed by atoms with Gasteiger partial charge in [-0.1, -0.05) is 109 Å². The molecule has 246 valence electrons. The van der Waals surface area contributed by atoms with E-state index < -0.39 is 276 Å². The van der Waals surface area contributed by atoms with Gasteiger partial charge in [0.15, 0.2) is 0 Å². The van der Waals surface area contributed by atoms with Crippen LogP contribution >= 0.6 is 0 Å². The summed E-state index contributed by atoms with van der Waals surface area (Å²) < 4.78 is 273. The summed E-state index contributed by atoms with van der Waals surface area (Å²) in [4.78, 5) is 0. The van der Waals surface area contributed by atoms with Gasteiger partial charge in [-0.2, -0.15) is 0 Å². The fourth-order valence-electron chi connectivity index (χ4n) is 6.73. The minimum Gasteiger partial charge on any atom is -0.551 e. The van der Waals surface area contributed by atoms with E-state index in [0.717, 1.165) is 4.57 Å². The highest BCUT2D eigenvalue weighted by molar-refractivity contribution is 6.84. The minimum atomic E-state index is -1.93. The predicted molar refractivity (Wildman–Crippen MR) is 217 cm³/mol. The Morgan fingerprint density at radius 1 is 0.453 bits per heavy atom. The molecule has 5 heteroatoms. The Morgan fingerprint density at radius 3 is 1.98 bits per heavy atom. The van der Waals surface area contributed by atoms with Crippen LogP contribution in [0.3, 0.4) is 0 Å².